The molecule has 0 fully saturated rings. The van der Waals surface area contributed by atoms with Gasteiger partial charge in [0.15, 0.2) is 0 Å². The number of nitrogens with zero attached hydrogens (tertiary/aromatic N) is 1. The Morgan fingerprint density at radius 1 is 1.29 bits per heavy atom. The van der Waals surface area contributed by atoms with Gasteiger partial charge in [0.25, 0.3) is 0 Å². The van der Waals surface area contributed by atoms with Crippen LogP contribution in [0.2, 0.25) is 0 Å². The minimum Gasteiger partial charge on any atom is -0.370 e. The van der Waals surface area contributed by atoms with Gasteiger partial charge in [-0.2, -0.15) is 0 Å². The molecule has 0 aromatic carbocycles. The first-order valence-electron chi connectivity index (χ1n) is 6.84. The van der Waals surface area contributed by atoms with Crippen LogP contribution >= 0.6 is 11.3 Å². The van der Waals surface area contributed by atoms with Crippen LogP contribution in [0.25, 0.3) is 0 Å². The first-order chi connectivity index (χ1) is 10.1. The van der Waals surface area contributed by atoms with Crippen LogP contribution in [0.1, 0.15) is 18.2 Å². The first kappa shape index (κ1) is 15.9. The molecule has 0 aliphatic heterocycles. The molecule has 5 nitrogen and oxygen atoms in total. The summed E-state index contributed by atoms with van der Waals surface area (Å²) in [6.07, 6.45) is 3.16. The molecule has 0 aliphatic carbocycles. The highest BCUT2D eigenvalue weighted by atomic mass is 32.2. The highest BCUT2D eigenvalue weighted by Gasteiger charge is 2.14. The van der Waals surface area contributed by atoms with E-state index in [2.05, 4.69) is 15.0 Å². The van der Waals surface area contributed by atoms with Crippen LogP contribution < -0.4 is 10.0 Å². The SMILES string of the molecule is CCCNc1cc(S(=O)(=O)NCCc2cccs2)ccn1. The van der Waals surface area contributed by atoms with Gasteiger partial charge in [0.05, 0.1) is 4.90 Å². The fourth-order valence-corrected chi connectivity index (χ4v) is 3.53. The zero-order chi connectivity index (χ0) is 15.1. The van der Waals surface area contributed by atoms with Crippen molar-refractivity contribution >= 4 is 27.2 Å². The highest BCUT2D eigenvalue weighted by Crippen LogP contribution is 2.13. The van der Waals surface area contributed by atoms with Crippen LogP contribution in [0.15, 0.2) is 40.7 Å². The average molecular weight is 325 g/mol. The standard InChI is InChI=1S/C14H19N3O2S2/c1-2-7-15-14-11-13(6-8-16-14)21(18,19)17-9-5-12-4-3-10-20-12/h3-4,6,8,10-11,17H,2,5,7,9H2,1H3,(H,15,16). The molecule has 2 heterocycles. The van der Waals surface area contributed by atoms with Gasteiger partial charge < -0.3 is 5.32 Å². The fraction of sp³-hybridized carbons (Fsp3) is 0.357. The van der Waals surface area contributed by atoms with Gasteiger partial charge in [0, 0.05) is 30.2 Å². The number of thiophene rings is 1. The summed E-state index contributed by atoms with van der Waals surface area (Å²) in [5.41, 5.74) is 0. The van der Waals surface area contributed by atoms with Crippen molar-refractivity contribution in [3.8, 4) is 0 Å². The van der Waals surface area contributed by atoms with Gasteiger partial charge in [-0.25, -0.2) is 18.1 Å². The zero-order valence-corrected chi connectivity index (χ0v) is 13.5. The molecule has 0 atom stereocenters. The van der Waals surface area contributed by atoms with E-state index in [1.54, 1.807) is 17.4 Å². The molecule has 2 rings (SSSR count). The van der Waals surface area contributed by atoms with Crippen LogP contribution in [-0.4, -0.2) is 26.5 Å². The molecule has 0 spiro atoms. The van der Waals surface area contributed by atoms with E-state index in [-0.39, 0.29) is 4.90 Å². The maximum Gasteiger partial charge on any atom is 0.240 e. The van der Waals surface area contributed by atoms with E-state index in [1.165, 1.54) is 12.3 Å². The van der Waals surface area contributed by atoms with Crippen molar-refractivity contribution < 1.29 is 8.42 Å². The summed E-state index contributed by atoms with van der Waals surface area (Å²) < 4.78 is 27.1. The number of nitrogens with one attached hydrogen (secondary N) is 2. The number of pyridine rings is 1. The summed E-state index contributed by atoms with van der Waals surface area (Å²) in [4.78, 5) is 5.51. The third-order valence-electron chi connectivity index (χ3n) is 2.84. The van der Waals surface area contributed by atoms with Crippen molar-refractivity contribution in [2.24, 2.45) is 0 Å². The van der Waals surface area contributed by atoms with Crippen molar-refractivity contribution in [3.05, 3.63) is 40.7 Å². The minimum atomic E-state index is -3.49. The Kier molecular flexibility index (Phi) is 5.72. The van der Waals surface area contributed by atoms with Gasteiger partial charge in [-0.05, 0) is 30.4 Å². The molecule has 0 radical (unpaired) electrons. The second-order valence-corrected chi connectivity index (χ2v) is 7.33. The Bertz CT molecular complexity index is 655. The van der Waals surface area contributed by atoms with Crippen LogP contribution in [0, 0.1) is 0 Å². The van der Waals surface area contributed by atoms with E-state index in [1.807, 2.05) is 24.4 Å². The summed E-state index contributed by atoms with van der Waals surface area (Å²) in [5, 5.41) is 5.07. The Labute approximate surface area is 129 Å². The lowest BCUT2D eigenvalue weighted by Crippen LogP contribution is -2.26. The van der Waals surface area contributed by atoms with Crippen molar-refractivity contribution in [3.63, 3.8) is 0 Å². The lowest BCUT2D eigenvalue weighted by Gasteiger charge is -2.08. The van der Waals surface area contributed by atoms with E-state index in [9.17, 15) is 8.42 Å². The normalized spacial score (nSPS) is 11.5. The summed E-state index contributed by atoms with van der Waals surface area (Å²) in [5.74, 6) is 0.581. The third-order valence-corrected chi connectivity index (χ3v) is 5.24. The molecule has 0 bridgehead atoms. The van der Waals surface area contributed by atoms with Crippen molar-refractivity contribution in [2.45, 2.75) is 24.7 Å². The minimum absolute atomic E-state index is 0.238. The number of hydrogen-bond donors (Lipinski definition) is 2. The van der Waals surface area contributed by atoms with Gasteiger partial charge in [-0.3, -0.25) is 0 Å². The first-order valence-corrected chi connectivity index (χ1v) is 9.20. The average Bonchev–Trinajstić information content (AvgIpc) is 2.98. The van der Waals surface area contributed by atoms with Gasteiger partial charge >= 0.3 is 0 Å². The molecule has 0 saturated carbocycles. The Hall–Kier alpha value is -1.44. The molecule has 0 unspecified atom stereocenters. The van der Waals surface area contributed by atoms with E-state index < -0.39 is 10.0 Å². The Balaban J connectivity index is 1.98. The van der Waals surface area contributed by atoms with E-state index in [0.29, 0.717) is 18.8 Å². The molecule has 114 valence electrons. The number of sulfonamides is 1. The molecule has 0 amide bonds. The van der Waals surface area contributed by atoms with Gasteiger partial charge in [0.1, 0.15) is 5.82 Å². The molecule has 0 aliphatic rings. The topological polar surface area (TPSA) is 71.1 Å². The molecule has 2 N–H and O–H groups in total. The smallest absolute Gasteiger partial charge is 0.240 e. The van der Waals surface area contributed by atoms with Crippen LogP contribution in [0.3, 0.4) is 0 Å². The largest absolute Gasteiger partial charge is 0.370 e. The van der Waals surface area contributed by atoms with Crippen LogP contribution in [-0.2, 0) is 16.4 Å². The fourth-order valence-electron chi connectivity index (χ4n) is 1.77. The van der Waals surface area contributed by atoms with Gasteiger partial charge in [-0.15, -0.1) is 11.3 Å². The van der Waals surface area contributed by atoms with E-state index >= 15 is 0 Å². The maximum atomic E-state index is 12.2. The number of rotatable bonds is 8. The van der Waals surface area contributed by atoms with Crippen LogP contribution in [0.5, 0.6) is 0 Å². The number of aromatic nitrogens is 1. The zero-order valence-electron chi connectivity index (χ0n) is 11.9. The second kappa shape index (κ2) is 7.53. The molecule has 0 saturated heterocycles. The second-order valence-electron chi connectivity index (χ2n) is 4.53. The Morgan fingerprint density at radius 3 is 2.86 bits per heavy atom. The van der Waals surface area contributed by atoms with Gasteiger partial charge in [0.2, 0.25) is 10.0 Å². The summed E-state index contributed by atoms with van der Waals surface area (Å²) in [6.45, 7) is 3.20. The quantitative estimate of drug-likeness (QED) is 0.782. The Morgan fingerprint density at radius 2 is 2.14 bits per heavy atom. The van der Waals surface area contributed by atoms with E-state index in [0.717, 1.165) is 17.8 Å². The lowest BCUT2D eigenvalue weighted by molar-refractivity contribution is 0.581. The number of anilines is 1. The molecule has 7 heteroatoms. The van der Waals surface area contributed by atoms with Crippen molar-refractivity contribution in [1.29, 1.82) is 0 Å². The molecule has 2 aromatic heterocycles. The summed E-state index contributed by atoms with van der Waals surface area (Å²) in [6, 6.07) is 7.02. The monoisotopic (exact) mass is 325 g/mol. The van der Waals surface area contributed by atoms with Crippen molar-refractivity contribution in [2.75, 3.05) is 18.4 Å². The predicted octanol–water partition coefficient (Wildman–Crippen LogP) is 2.49. The van der Waals surface area contributed by atoms with Gasteiger partial charge in [-0.1, -0.05) is 13.0 Å². The third kappa shape index (κ3) is 4.80. The summed E-state index contributed by atoms with van der Waals surface area (Å²) >= 11 is 1.63. The predicted molar refractivity (Wildman–Crippen MR) is 86.2 cm³/mol. The highest BCUT2D eigenvalue weighted by molar-refractivity contribution is 7.89. The number of hydrogen-bond acceptors (Lipinski definition) is 5. The van der Waals surface area contributed by atoms with Crippen LogP contribution in [0.4, 0.5) is 5.82 Å². The summed E-state index contributed by atoms with van der Waals surface area (Å²) in [7, 11) is -3.49. The maximum absolute atomic E-state index is 12.2. The van der Waals surface area contributed by atoms with Crippen molar-refractivity contribution in [1.82, 2.24) is 9.71 Å². The van der Waals surface area contributed by atoms with E-state index in [4.69, 9.17) is 0 Å². The molecular weight excluding hydrogens is 306 g/mol. The molecular formula is C14H19N3O2S2. The molecule has 21 heavy (non-hydrogen) atoms. The molecule has 2 aromatic rings. The lowest BCUT2D eigenvalue weighted by atomic mass is 10.3.